The van der Waals surface area contributed by atoms with Crippen LogP contribution < -0.4 is 5.32 Å². The number of carbonyl (C=O) groups is 1. The third-order valence-electron chi connectivity index (χ3n) is 5.31. The van der Waals surface area contributed by atoms with E-state index < -0.39 is 6.29 Å². The third-order valence-corrected chi connectivity index (χ3v) is 5.31. The van der Waals surface area contributed by atoms with E-state index in [1.54, 1.807) is 10.9 Å². The fraction of sp³-hybridized carbons (Fsp3) is 0.591. The Bertz CT molecular complexity index is 778. The van der Waals surface area contributed by atoms with Crippen molar-refractivity contribution in [3.8, 4) is 0 Å². The second kappa shape index (κ2) is 11.2. The summed E-state index contributed by atoms with van der Waals surface area (Å²) < 4.78 is 12.6. The maximum Gasteiger partial charge on any atom is 0.277 e. The molecule has 164 valence electrons. The molecule has 8 nitrogen and oxygen atoms in total. The summed E-state index contributed by atoms with van der Waals surface area (Å²) in [7, 11) is 0. The number of ether oxygens (including phenoxy) is 2. The highest BCUT2D eigenvalue weighted by Crippen LogP contribution is 2.19. The van der Waals surface area contributed by atoms with Crippen LogP contribution in [0.15, 0.2) is 30.5 Å². The number of piperidine rings is 1. The van der Waals surface area contributed by atoms with E-state index in [0.717, 1.165) is 31.2 Å². The van der Waals surface area contributed by atoms with Gasteiger partial charge in [0.1, 0.15) is 0 Å². The quantitative estimate of drug-likeness (QED) is 0.601. The molecule has 1 aromatic carbocycles. The van der Waals surface area contributed by atoms with Gasteiger partial charge in [-0.1, -0.05) is 24.3 Å². The normalized spacial score (nSPS) is 15.6. The summed E-state index contributed by atoms with van der Waals surface area (Å²) in [5.41, 5.74) is 2.26. The molecule has 3 rings (SSSR count). The van der Waals surface area contributed by atoms with Crippen molar-refractivity contribution in [3.05, 3.63) is 41.7 Å². The maximum atomic E-state index is 12.5. The van der Waals surface area contributed by atoms with Crippen LogP contribution in [0.3, 0.4) is 0 Å². The van der Waals surface area contributed by atoms with E-state index in [1.807, 2.05) is 26.0 Å². The molecule has 1 saturated heterocycles. The van der Waals surface area contributed by atoms with Crippen LogP contribution >= 0.6 is 0 Å². The van der Waals surface area contributed by atoms with Crippen molar-refractivity contribution in [2.24, 2.45) is 5.92 Å². The van der Waals surface area contributed by atoms with Crippen molar-refractivity contribution < 1.29 is 14.3 Å². The third kappa shape index (κ3) is 6.62. The number of hydrogen-bond acceptors (Lipinski definition) is 6. The van der Waals surface area contributed by atoms with Crippen molar-refractivity contribution in [1.29, 1.82) is 0 Å². The molecule has 8 heteroatoms. The summed E-state index contributed by atoms with van der Waals surface area (Å²) >= 11 is 0. The highest BCUT2D eigenvalue weighted by atomic mass is 16.7. The molecule has 1 amide bonds. The molecular weight excluding hydrogens is 382 g/mol. The van der Waals surface area contributed by atoms with Crippen LogP contribution in [0.1, 0.15) is 49.7 Å². The highest BCUT2D eigenvalue weighted by Gasteiger charge is 2.17. The number of rotatable bonds is 10. The van der Waals surface area contributed by atoms with E-state index in [-0.39, 0.29) is 11.6 Å². The van der Waals surface area contributed by atoms with Crippen LogP contribution in [-0.2, 0) is 22.6 Å². The van der Waals surface area contributed by atoms with E-state index in [0.29, 0.717) is 19.8 Å². The van der Waals surface area contributed by atoms with Gasteiger partial charge in [-0.15, -0.1) is 5.10 Å². The molecule has 0 atom stereocenters. The topological polar surface area (TPSA) is 81.5 Å². The van der Waals surface area contributed by atoms with Gasteiger partial charge in [-0.3, -0.25) is 9.69 Å². The first-order chi connectivity index (χ1) is 14.6. The maximum absolute atomic E-state index is 12.5. The lowest BCUT2D eigenvalue weighted by atomic mass is 9.99. The van der Waals surface area contributed by atoms with Crippen LogP contribution in [0, 0.1) is 5.92 Å². The van der Waals surface area contributed by atoms with Gasteiger partial charge < -0.3 is 14.8 Å². The molecule has 0 saturated carbocycles. The van der Waals surface area contributed by atoms with Gasteiger partial charge >= 0.3 is 0 Å². The summed E-state index contributed by atoms with van der Waals surface area (Å²) in [6.45, 7) is 10.9. The van der Waals surface area contributed by atoms with Crippen molar-refractivity contribution in [1.82, 2.24) is 19.9 Å². The average Bonchev–Trinajstić information content (AvgIpc) is 3.20. The second-order valence-corrected chi connectivity index (χ2v) is 7.78. The predicted molar refractivity (Wildman–Crippen MR) is 115 cm³/mol. The van der Waals surface area contributed by atoms with Crippen LogP contribution in [0.2, 0.25) is 0 Å². The molecule has 1 aliphatic heterocycles. The van der Waals surface area contributed by atoms with Crippen molar-refractivity contribution in [3.63, 3.8) is 0 Å². The number of hydrogen-bond donors (Lipinski definition) is 1. The van der Waals surface area contributed by atoms with Crippen molar-refractivity contribution >= 4 is 11.6 Å². The first kappa shape index (κ1) is 22.4. The smallest absolute Gasteiger partial charge is 0.277 e. The zero-order valence-corrected chi connectivity index (χ0v) is 18.2. The fourth-order valence-electron chi connectivity index (χ4n) is 3.54. The number of likely N-dealkylation sites (tertiary alicyclic amines) is 1. The van der Waals surface area contributed by atoms with Gasteiger partial charge in [-0.05, 0) is 63.4 Å². The van der Waals surface area contributed by atoms with Gasteiger partial charge in [-0.25, -0.2) is 4.68 Å². The molecular formula is C22H33N5O3. The summed E-state index contributed by atoms with van der Waals surface area (Å²) in [4.78, 5) is 15.0. The Morgan fingerprint density at radius 3 is 2.47 bits per heavy atom. The number of anilines is 1. The zero-order chi connectivity index (χ0) is 21.3. The Labute approximate surface area is 178 Å². The SMILES string of the molecule is CCOC(Cn1cc(C(=O)Nc2ccc(CN3CCC(C)CC3)cc2)nn1)OCC. The Kier molecular flexibility index (Phi) is 8.36. The van der Waals surface area contributed by atoms with Gasteiger partial charge in [0.05, 0.1) is 12.7 Å². The minimum atomic E-state index is -0.409. The first-order valence-electron chi connectivity index (χ1n) is 10.8. The second-order valence-electron chi connectivity index (χ2n) is 7.78. The van der Waals surface area contributed by atoms with E-state index in [9.17, 15) is 4.79 Å². The minimum Gasteiger partial charge on any atom is -0.351 e. The van der Waals surface area contributed by atoms with E-state index >= 15 is 0 Å². The van der Waals surface area contributed by atoms with Crippen LogP contribution in [0.5, 0.6) is 0 Å². The molecule has 0 radical (unpaired) electrons. The molecule has 0 aliphatic carbocycles. The standard InChI is InChI=1S/C22H33N5O3/c1-4-29-21(30-5-2)16-27-15-20(24-25-27)22(28)23-19-8-6-18(7-9-19)14-26-12-10-17(3)11-13-26/h6-9,15,17,21H,4-5,10-14,16H2,1-3H3,(H,23,28). The Morgan fingerprint density at radius 2 is 1.83 bits per heavy atom. The number of benzene rings is 1. The van der Waals surface area contributed by atoms with Crippen LogP contribution in [0.25, 0.3) is 0 Å². The summed E-state index contributed by atoms with van der Waals surface area (Å²) in [5.74, 6) is 0.546. The summed E-state index contributed by atoms with van der Waals surface area (Å²) in [6, 6.07) is 8.01. The van der Waals surface area contributed by atoms with Gasteiger partial charge in [0.2, 0.25) is 0 Å². The molecule has 1 N–H and O–H groups in total. The summed E-state index contributed by atoms with van der Waals surface area (Å²) in [6.07, 6.45) is 3.73. The number of nitrogens with zero attached hydrogens (tertiary/aromatic N) is 4. The van der Waals surface area contributed by atoms with Crippen LogP contribution in [-0.4, -0.2) is 58.4 Å². The predicted octanol–water partition coefficient (Wildman–Crippen LogP) is 3.16. The minimum absolute atomic E-state index is 0.258. The Hall–Kier alpha value is -2.29. The van der Waals surface area contributed by atoms with Crippen molar-refractivity contribution in [2.45, 2.75) is 53.0 Å². The Morgan fingerprint density at radius 1 is 1.17 bits per heavy atom. The number of nitrogens with one attached hydrogen (secondary N) is 1. The number of aromatic nitrogens is 3. The van der Waals surface area contributed by atoms with E-state index in [4.69, 9.17) is 9.47 Å². The molecule has 1 aromatic heterocycles. The fourth-order valence-corrected chi connectivity index (χ4v) is 3.54. The molecule has 1 aliphatic rings. The van der Waals surface area contributed by atoms with E-state index in [1.165, 1.54) is 18.4 Å². The monoisotopic (exact) mass is 415 g/mol. The first-order valence-corrected chi connectivity index (χ1v) is 10.8. The lowest BCUT2D eigenvalue weighted by Gasteiger charge is -2.30. The van der Waals surface area contributed by atoms with Crippen LogP contribution in [0.4, 0.5) is 5.69 Å². The van der Waals surface area contributed by atoms with Gasteiger partial charge in [0, 0.05) is 25.4 Å². The zero-order valence-electron chi connectivity index (χ0n) is 18.2. The molecule has 0 spiro atoms. The number of carbonyl (C=O) groups excluding carboxylic acids is 1. The van der Waals surface area contributed by atoms with Gasteiger partial charge in [0.15, 0.2) is 12.0 Å². The Balaban J connectivity index is 1.51. The van der Waals surface area contributed by atoms with E-state index in [2.05, 4.69) is 39.6 Å². The molecule has 2 heterocycles. The highest BCUT2D eigenvalue weighted by molar-refractivity contribution is 6.02. The number of amides is 1. The van der Waals surface area contributed by atoms with Gasteiger partial charge in [0.25, 0.3) is 5.91 Å². The van der Waals surface area contributed by atoms with Crippen molar-refractivity contribution in [2.75, 3.05) is 31.6 Å². The lowest BCUT2D eigenvalue weighted by molar-refractivity contribution is -0.145. The average molecular weight is 416 g/mol. The summed E-state index contributed by atoms with van der Waals surface area (Å²) in [5, 5.41) is 10.9. The van der Waals surface area contributed by atoms with Gasteiger partial charge in [-0.2, -0.15) is 0 Å². The lowest BCUT2D eigenvalue weighted by Crippen LogP contribution is -2.32. The molecule has 30 heavy (non-hydrogen) atoms. The molecule has 0 bridgehead atoms. The molecule has 0 unspecified atom stereocenters. The molecule has 2 aromatic rings. The largest absolute Gasteiger partial charge is 0.351 e. The molecule has 1 fully saturated rings.